The number of rotatable bonds is 11. The van der Waals surface area contributed by atoms with E-state index in [1.165, 1.54) is 13.8 Å². The molecule has 11 heteroatoms. The third kappa shape index (κ3) is 8.99. The Hall–Kier alpha value is -2.69. The van der Waals surface area contributed by atoms with Crippen LogP contribution >= 0.6 is 0 Å². The average molecular weight is 388 g/mol. The number of hydrogen-bond acceptors (Lipinski definition) is 6. The van der Waals surface area contributed by atoms with Crippen LogP contribution in [0.4, 0.5) is 0 Å². The third-order valence-electron chi connectivity index (χ3n) is 3.67. The summed E-state index contributed by atoms with van der Waals surface area (Å²) in [5.41, 5.74) is 5.44. The molecule has 27 heavy (non-hydrogen) atoms. The lowest BCUT2D eigenvalue weighted by Crippen LogP contribution is -2.58. The topological polar surface area (TPSA) is 188 Å². The largest absolute Gasteiger partial charge is 0.481 e. The monoisotopic (exact) mass is 388 g/mol. The van der Waals surface area contributed by atoms with Crippen LogP contribution in [0.15, 0.2) is 0 Å². The Balaban J connectivity index is 5.23. The molecule has 0 saturated carbocycles. The molecule has 4 atom stereocenters. The highest BCUT2D eigenvalue weighted by Crippen LogP contribution is 2.06. The molecule has 11 nitrogen and oxygen atoms in total. The fraction of sp³-hybridized carbons (Fsp3) is 0.688. The third-order valence-corrected chi connectivity index (χ3v) is 3.67. The first-order valence-corrected chi connectivity index (χ1v) is 8.48. The number of carbonyl (C=O) groups is 5. The zero-order valence-electron chi connectivity index (χ0n) is 15.8. The van der Waals surface area contributed by atoms with E-state index in [9.17, 15) is 24.0 Å². The molecule has 3 amide bonds. The lowest BCUT2D eigenvalue weighted by Gasteiger charge is -2.26. The summed E-state index contributed by atoms with van der Waals surface area (Å²) in [5, 5.41) is 24.7. The van der Waals surface area contributed by atoms with Gasteiger partial charge >= 0.3 is 11.9 Å². The van der Waals surface area contributed by atoms with E-state index in [4.69, 9.17) is 15.9 Å². The molecule has 0 saturated heterocycles. The van der Waals surface area contributed by atoms with Crippen LogP contribution in [0.25, 0.3) is 0 Å². The molecule has 0 radical (unpaired) electrons. The number of carboxylic acid groups (broad SMARTS) is 2. The predicted molar refractivity (Wildman–Crippen MR) is 94.5 cm³/mol. The number of nitrogens with one attached hydrogen (secondary N) is 3. The van der Waals surface area contributed by atoms with E-state index in [-0.39, 0.29) is 18.8 Å². The van der Waals surface area contributed by atoms with Crippen LogP contribution in [0.1, 0.15) is 40.5 Å². The van der Waals surface area contributed by atoms with Gasteiger partial charge in [0.1, 0.15) is 18.1 Å². The number of carboxylic acids is 2. The second-order valence-corrected chi connectivity index (χ2v) is 6.58. The second-order valence-electron chi connectivity index (χ2n) is 6.58. The number of nitrogens with two attached hydrogens (primary N) is 1. The number of carbonyl (C=O) groups excluding carboxylic acids is 3. The minimum absolute atomic E-state index is 0.197. The van der Waals surface area contributed by atoms with Crippen molar-refractivity contribution >= 4 is 29.7 Å². The Morgan fingerprint density at radius 3 is 1.81 bits per heavy atom. The van der Waals surface area contributed by atoms with Crippen LogP contribution in [0.5, 0.6) is 0 Å². The Bertz CT molecular complexity index is 577. The molecule has 0 spiro atoms. The van der Waals surface area contributed by atoms with Crippen molar-refractivity contribution < 1.29 is 34.2 Å². The zero-order chi connectivity index (χ0) is 21.3. The van der Waals surface area contributed by atoms with Gasteiger partial charge in [-0.1, -0.05) is 13.8 Å². The summed E-state index contributed by atoms with van der Waals surface area (Å²) in [6.07, 6.45) is -0.580. The first-order chi connectivity index (χ1) is 12.4. The van der Waals surface area contributed by atoms with Gasteiger partial charge < -0.3 is 31.9 Å². The number of aliphatic carboxylic acids is 2. The van der Waals surface area contributed by atoms with Gasteiger partial charge in [0.05, 0.1) is 6.04 Å². The van der Waals surface area contributed by atoms with Crippen molar-refractivity contribution in [3.63, 3.8) is 0 Å². The van der Waals surface area contributed by atoms with E-state index in [0.717, 1.165) is 0 Å². The minimum Gasteiger partial charge on any atom is -0.481 e. The second kappa shape index (κ2) is 11.1. The normalized spacial score (nSPS) is 15.2. The smallest absolute Gasteiger partial charge is 0.325 e. The minimum atomic E-state index is -1.24. The molecule has 0 aliphatic heterocycles. The van der Waals surface area contributed by atoms with Gasteiger partial charge in [-0.25, -0.2) is 0 Å². The molecule has 7 N–H and O–H groups in total. The SMILES string of the molecule is CC(N)C(=O)NC(CCC(=O)O)C(=O)NC(C(=O)NC(C)C(=O)O)C(C)C. The Kier molecular flexibility index (Phi) is 10.0. The summed E-state index contributed by atoms with van der Waals surface area (Å²) in [4.78, 5) is 58.2. The maximum atomic E-state index is 12.5. The lowest BCUT2D eigenvalue weighted by molar-refractivity contribution is -0.142. The summed E-state index contributed by atoms with van der Waals surface area (Å²) in [6, 6.07) is -4.34. The van der Waals surface area contributed by atoms with Crippen molar-refractivity contribution in [2.24, 2.45) is 11.7 Å². The van der Waals surface area contributed by atoms with Crippen LogP contribution < -0.4 is 21.7 Å². The van der Waals surface area contributed by atoms with E-state index in [2.05, 4.69) is 16.0 Å². The van der Waals surface area contributed by atoms with E-state index < -0.39 is 53.8 Å². The standard InChI is InChI=1S/C16H28N4O7/c1-7(2)12(15(25)18-9(4)16(26)27)20-14(24)10(5-6-11(21)22)19-13(23)8(3)17/h7-10,12H,5-6,17H2,1-4H3,(H,18,25)(H,19,23)(H,20,24)(H,21,22)(H,26,27). The van der Waals surface area contributed by atoms with Crippen molar-refractivity contribution in [2.75, 3.05) is 0 Å². The quantitative estimate of drug-likeness (QED) is 0.244. The maximum absolute atomic E-state index is 12.5. The van der Waals surface area contributed by atoms with Gasteiger partial charge in [-0.15, -0.1) is 0 Å². The molecule has 0 aliphatic carbocycles. The van der Waals surface area contributed by atoms with Crippen molar-refractivity contribution in [2.45, 2.75) is 64.7 Å². The first kappa shape index (κ1) is 24.3. The Labute approximate surface area is 157 Å². The van der Waals surface area contributed by atoms with Gasteiger partial charge in [-0.2, -0.15) is 0 Å². The number of amides is 3. The van der Waals surface area contributed by atoms with Crippen LogP contribution in [-0.2, 0) is 24.0 Å². The first-order valence-electron chi connectivity index (χ1n) is 8.48. The van der Waals surface area contributed by atoms with E-state index >= 15 is 0 Å². The highest BCUT2D eigenvalue weighted by Gasteiger charge is 2.30. The molecule has 0 aromatic heterocycles. The van der Waals surface area contributed by atoms with Crippen molar-refractivity contribution in [3.8, 4) is 0 Å². The number of hydrogen-bond donors (Lipinski definition) is 6. The van der Waals surface area contributed by atoms with Gasteiger partial charge in [0.15, 0.2) is 0 Å². The highest BCUT2D eigenvalue weighted by atomic mass is 16.4. The van der Waals surface area contributed by atoms with Crippen LogP contribution in [0, 0.1) is 5.92 Å². The summed E-state index contributed by atoms with van der Waals surface area (Å²) in [6.45, 7) is 5.96. The van der Waals surface area contributed by atoms with Crippen LogP contribution in [0.3, 0.4) is 0 Å². The predicted octanol–water partition coefficient (Wildman–Crippen LogP) is -1.59. The van der Waals surface area contributed by atoms with E-state index in [1.807, 2.05) is 0 Å². The van der Waals surface area contributed by atoms with E-state index in [0.29, 0.717) is 0 Å². The Morgan fingerprint density at radius 2 is 1.41 bits per heavy atom. The van der Waals surface area contributed by atoms with Gasteiger partial charge in [-0.3, -0.25) is 24.0 Å². The molecular weight excluding hydrogens is 360 g/mol. The highest BCUT2D eigenvalue weighted by molar-refractivity contribution is 5.94. The lowest BCUT2D eigenvalue weighted by atomic mass is 10.0. The van der Waals surface area contributed by atoms with Gasteiger partial charge in [0, 0.05) is 6.42 Å². The molecule has 0 heterocycles. The molecule has 0 aromatic rings. The fourth-order valence-corrected chi connectivity index (χ4v) is 1.99. The molecule has 0 fully saturated rings. The van der Waals surface area contributed by atoms with E-state index in [1.54, 1.807) is 13.8 Å². The molecular formula is C16H28N4O7. The average Bonchev–Trinajstić information content (AvgIpc) is 2.54. The maximum Gasteiger partial charge on any atom is 0.325 e. The van der Waals surface area contributed by atoms with Crippen molar-refractivity contribution in [1.29, 1.82) is 0 Å². The molecule has 154 valence electrons. The van der Waals surface area contributed by atoms with Crippen LogP contribution in [0.2, 0.25) is 0 Å². The Morgan fingerprint density at radius 1 is 0.852 bits per heavy atom. The summed E-state index contributed by atoms with van der Waals surface area (Å²) in [7, 11) is 0. The van der Waals surface area contributed by atoms with Gasteiger partial charge in [-0.05, 0) is 26.2 Å². The van der Waals surface area contributed by atoms with Gasteiger partial charge in [0.25, 0.3) is 0 Å². The van der Waals surface area contributed by atoms with Crippen molar-refractivity contribution in [3.05, 3.63) is 0 Å². The van der Waals surface area contributed by atoms with Crippen molar-refractivity contribution in [1.82, 2.24) is 16.0 Å². The van der Waals surface area contributed by atoms with Gasteiger partial charge in [0.2, 0.25) is 17.7 Å². The van der Waals surface area contributed by atoms with Crippen LogP contribution in [-0.4, -0.2) is 64.0 Å². The fourth-order valence-electron chi connectivity index (χ4n) is 1.99. The zero-order valence-corrected chi connectivity index (χ0v) is 15.8. The molecule has 0 bridgehead atoms. The molecule has 0 aliphatic rings. The molecule has 0 rings (SSSR count). The molecule has 4 unspecified atom stereocenters. The summed E-state index contributed by atoms with van der Waals surface area (Å²) in [5.74, 6) is -4.90. The summed E-state index contributed by atoms with van der Waals surface area (Å²) >= 11 is 0. The molecule has 0 aromatic carbocycles. The summed E-state index contributed by atoms with van der Waals surface area (Å²) < 4.78 is 0.